The molecule has 1 aliphatic rings. The number of hydrogen-bond acceptors (Lipinski definition) is 3. The third-order valence-corrected chi connectivity index (χ3v) is 4.87. The van der Waals surface area contributed by atoms with Gasteiger partial charge in [-0.15, -0.1) is 0 Å². The molecule has 2 N–H and O–H groups in total. The molecule has 1 atom stereocenters. The van der Waals surface area contributed by atoms with Gasteiger partial charge in [0.1, 0.15) is 5.82 Å². The van der Waals surface area contributed by atoms with Gasteiger partial charge in [0.05, 0.1) is 6.54 Å². The van der Waals surface area contributed by atoms with Crippen molar-refractivity contribution >= 4 is 11.9 Å². The first-order valence-electron chi connectivity index (χ1n) is 9.01. The number of nitrogens with zero attached hydrogens (tertiary/aromatic N) is 2. The van der Waals surface area contributed by atoms with Crippen LogP contribution in [0.2, 0.25) is 0 Å². The first kappa shape index (κ1) is 17.4. The predicted molar refractivity (Wildman–Crippen MR) is 102 cm³/mol. The Bertz CT molecular complexity index is 982. The average molecular weight is 364 g/mol. The molecular weight excluding hydrogens is 343 g/mol. The minimum Gasteiger partial charge on any atom is -0.313 e. The highest BCUT2D eigenvalue weighted by Gasteiger charge is 2.17. The lowest BCUT2D eigenvalue weighted by Gasteiger charge is -2.23. The van der Waals surface area contributed by atoms with Crippen LogP contribution in [-0.2, 0) is 19.5 Å². The van der Waals surface area contributed by atoms with Gasteiger partial charge in [-0.1, -0.05) is 24.3 Å². The van der Waals surface area contributed by atoms with E-state index in [2.05, 4.69) is 22.5 Å². The zero-order chi connectivity index (χ0) is 18.8. The fraction of sp³-hybridized carbons (Fsp3) is 0.238. The number of halogens is 1. The Morgan fingerprint density at radius 1 is 1.30 bits per heavy atom. The Kier molecular flexibility index (Phi) is 4.73. The molecule has 5 nitrogen and oxygen atoms in total. The second-order valence-electron chi connectivity index (χ2n) is 6.89. The SMILES string of the molecule is CC1Cc2cc(C(=O)Nc3nccn3Cc3ccccc3F)ccc2CN1. The number of benzene rings is 2. The summed E-state index contributed by atoms with van der Waals surface area (Å²) in [5.41, 5.74) is 3.57. The molecule has 0 fully saturated rings. The first-order chi connectivity index (χ1) is 13.1. The Hall–Kier alpha value is -2.99. The van der Waals surface area contributed by atoms with E-state index in [0.29, 0.717) is 29.7 Å². The van der Waals surface area contributed by atoms with Crippen molar-refractivity contribution in [2.45, 2.75) is 32.5 Å². The summed E-state index contributed by atoms with van der Waals surface area (Å²) in [7, 11) is 0. The van der Waals surface area contributed by atoms with Crippen LogP contribution in [0.1, 0.15) is 34.0 Å². The first-order valence-corrected chi connectivity index (χ1v) is 9.01. The highest BCUT2D eigenvalue weighted by molar-refractivity contribution is 6.03. The lowest BCUT2D eigenvalue weighted by Crippen LogP contribution is -2.33. The van der Waals surface area contributed by atoms with Crippen LogP contribution >= 0.6 is 0 Å². The number of anilines is 1. The van der Waals surface area contributed by atoms with Crippen LogP contribution in [0, 0.1) is 5.82 Å². The van der Waals surface area contributed by atoms with E-state index in [1.54, 1.807) is 35.2 Å². The fourth-order valence-electron chi connectivity index (χ4n) is 3.36. The summed E-state index contributed by atoms with van der Waals surface area (Å²) < 4.78 is 15.6. The molecule has 4 rings (SSSR count). The van der Waals surface area contributed by atoms with Crippen LogP contribution in [0.15, 0.2) is 54.9 Å². The molecule has 1 aliphatic heterocycles. The van der Waals surface area contributed by atoms with Crippen LogP contribution in [0.5, 0.6) is 0 Å². The van der Waals surface area contributed by atoms with E-state index in [4.69, 9.17) is 0 Å². The number of amides is 1. The highest BCUT2D eigenvalue weighted by Crippen LogP contribution is 2.20. The highest BCUT2D eigenvalue weighted by atomic mass is 19.1. The van der Waals surface area contributed by atoms with E-state index in [9.17, 15) is 9.18 Å². The maximum Gasteiger partial charge on any atom is 0.257 e. The molecule has 27 heavy (non-hydrogen) atoms. The summed E-state index contributed by atoms with van der Waals surface area (Å²) in [6, 6.07) is 12.8. The lowest BCUT2D eigenvalue weighted by molar-refractivity contribution is 0.102. The number of hydrogen-bond donors (Lipinski definition) is 2. The number of carbonyl (C=O) groups is 1. The molecule has 0 bridgehead atoms. The number of aromatic nitrogens is 2. The molecule has 2 heterocycles. The van der Waals surface area contributed by atoms with Crippen LogP contribution in [0.3, 0.4) is 0 Å². The smallest absolute Gasteiger partial charge is 0.257 e. The molecule has 1 aromatic heterocycles. The van der Waals surface area contributed by atoms with Crippen molar-refractivity contribution in [2.24, 2.45) is 0 Å². The Morgan fingerprint density at radius 3 is 3.00 bits per heavy atom. The van der Waals surface area contributed by atoms with Crippen molar-refractivity contribution in [3.63, 3.8) is 0 Å². The second-order valence-corrected chi connectivity index (χ2v) is 6.89. The van der Waals surface area contributed by atoms with Crippen molar-refractivity contribution in [3.8, 4) is 0 Å². The van der Waals surface area contributed by atoms with Crippen LogP contribution in [-0.4, -0.2) is 21.5 Å². The molecule has 0 saturated carbocycles. The monoisotopic (exact) mass is 364 g/mol. The van der Waals surface area contributed by atoms with Gasteiger partial charge in [-0.3, -0.25) is 10.1 Å². The van der Waals surface area contributed by atoms with Crippen molar-refractivity contribution < 1.29 is 9.18 Å². The molecular formula is C21H21FN4O. The van der Waals surface area contributed by atoms with E-state index in [-0.39, 0.29) is 11.7 Å². The van der Waals surface area contributed by atoms with Crippen molar-refractivity contribution in [3.05, 3.63) is 82.9 Å². The van der Waals surface area contributed by atoms with Crippen molar-refractivity contribution in [1.29, 1.82) is 0 Å². The van der Waals surface area contributed by atoms with Gasteiger partial charge >= 0.3 is 0 Å². The predicted octanol–water partition coefficient (Wildman–Crippen LogP) is 3.36. The molecule has 1 unspecified atom stereocenters. The molecule has 0 aliphatic carbocycles. The molecule has 1 amide bonds. The molecule has 2 aromatic carbocycles. The van der Waals surface area contributed by atoms with Gasteiger partial charge in [0.25, 0.3) is 5.91 Å². The minimum atomic E-state index is -0.277. The van der Waals surface area contributed by atoms with Gasteiger partial charge in [0.2, 0.25) is 5.95 Å². The average Bonchev–Trinajstić information content (AvgIpc) is 3.09. The molecule has 0 saturated heterocycles. The van der Waals surface area contributed by atoms with Gasteiger partial charge in [-0.2, -0.15) is 0 Å². The zero-order valence-corrected chi connectivity index (χ0v) is 15.1. The Labute approximate surface area is 157 Å². The zero-order valence-electron chi connectivity index (χ0n) is 15.1. The molecule has 0 spiro atoms. The normalized spacial score (nSPS) is 16.0. The van der Waals surface area contributed by atoms with Gasteiger partial charge in [-0.05, 0) is 42.7 Å². The minimum absolute atomic E-state index is 0.218. The van der Waals surface area contributed by atoms with E-state index in [1.807, 2.05) is 18.2 Å². The summed E-state index contributed by atoms with van der Waals surface area (Å²) in [6.07, 6.45) is 4.22. The van der Waals surface area contributed by atoms with Gasteiger partial charge in [0.15, 0.2) is 0 Å². The van der Waals surface area contributed by atoms with Crippen molar-refractivity contribution in [1.82, 2.24) is 14.9 Å². The summed E-state index contributed by atoms with van der Waals surface area (Å²) in [6.45, 7) is 3.26. The van der Waals surface area contributed by atoms with Crippen LogP contribution in [0.25, 0.3) is 0 Å². The van der Waals surface area contributed by atoms with Gasteiger partial charge in [0, 0.05) is 36.1 Å². The largest absolute Gasteiger partial charge is 0.313 e. The summed E-state index contributed by atoms with van der Waals surface area (Å²) >= 11 is 0. The Morgan fingerprint density at radius 2 is 2.15 bits per heavy atom. The topological polar surface area (TPSA) is 59.0 Å². The van der Waals surface area contributed by atoms with E-state index >= 15 is 0 Å². The molecule has 6 heteroatoms. The number of imidazole rings is 1. The standard InChI is InChI=1S/C21H21FN4O/c1-14-10-18-11-15(6-7-16(18)12-24-14)20(27)25-21-23-8-9-26(21)13-17-4-2-3-5-19(17)22/h2-9,11,14,24H,10,12-13H2,1H3,(H,23,25,27). The van der Waals surface area contributed by atoms with Gasteiger partial charge in [-0.25, -0.2) is 9.37 Å². The molecule has 0 radical (unpaired) electrons. The number of rotatable bonds is 4. The summed E-state index contributed by atoms with van der Waals surface area (Å²) in [4.78, 5) is 16.9. The Balaban J connectivity index is 1.52. The van der Waals surface area contributed by atoms with Crippen molar-refractivity contribution in [2.75, 3.05) is 5.32 Å². The number of carbonyl (C=O) groups excluding carboxylic acids is 1. The summed E-state index contributed by atoms with van der Waals surface area (Å²) in [5, 5.41) is 6.25. The van der Waals surface area contributed by atoms with E-state index in [1.165, 1.54) is 17.2 Å². The lowest BCUT2D eigenvalue weighted by atomic mass is 9.94. The fourth-order valence-corrected chi connectivity index (χ4v) is 3.36. The molecule has 138 valence electrons. The number of nitrogens with one attached hydrogen (secondary N) is 2. The van der Waals surface area contributed by atoms with Crippen LogP contribution in [0.4, 0.5) is 10.3 Å². The van der Waals surface area contributed by atoms with Gasteiger partial charge < -0.3 is 9.88 Å². The second kappa shape index (κ2) is 7.32. The van der Waals surface area contributed by atoms with E-state index < -0.39 is 0 Å². The summed E-state index contributed by atoms with van der Waals surface area (Å²) in [5.74, 6) is -0.0955. The maximum absolute atomic E-state index is 13.9. The maximum atomic E-state index is 13.9. The molecule has 3 aromatic rings. The third kappa shape index (κ3) is 3.75. The number of fused-ring (bicyclic) bond motifs is 1. The quantitative estimate of drug-likeness (QED) is 0.746. The third-order valence-electron chi connectivity index (χ3n) is 4.87. The van der Waals surface area contributed by atoms with E-state index in [0.717, 1.165) is 13.0 Å². The van der Waals surface area contributed by atoms with Crippen LogP contribution < -0.4 is 10.6 Å².